The van der Waals surface area contributed by atoms with Gasteiger partial charge in [0.15, 0.2) is 0 Å². The first-order valence-electron chi connectivity index (χ1n) is 7.26. The lowest BCUT2D eigenvalue weighted by molar-refractivity contribution is 0.524. The second kappa shape index (κ2) is 7.06. The Kier molecular flexibility index (Phi) is 5.38. The van der Waals surface area contributed by atoms with Crippen LogP contribution in [0.15, 0.2) is 36.4 Å². The third-order valence-corrected chi connectivity index (χ3v) is 4.02. The number of benzene rings is 2. The van der Waals surface area contributed by atoms with Crippen LogP contribution in [0.2, 0.25) is 5.02 Å². The summed E-state index contributed by atoms with van der Waals surface area (Å²) in [6.07, 6.45) is 0.614. The van der Waals surface area contributed by atoms with Gasteiger partial charge in [-0.3, -0.25) is 0 Å². The second-order valence-electron chi connectivity index (χ2n) is 5.36. The Morgan fingerprint density at radius 1 is 1.14 bits per heavy atom. The Balaban J connectivity index is 2.35. The van der Waals surface area contributed by atoms with Crippen LogP contribution in [0.25, 0.3) is 0 Å². The summed E-state index contributed by atoms with van der Waals surface area (Å²) in [5, 5.41) is 3.90. The Labute approximate surface area is 131 Å². The molecule has 0 fully saturated rings. The molecule has 1 unspecified atom stereocenters. The van der Waals surface area contributed by atoms with Crippen molar-refractivity contribution in [2.24, 2.45) is 0 Å². The van der Waals surface area contributed by atoms with Crippen molar-refractivity contribution in [1.29, 1.82) is 0 Å². The van der Waals surface area contributed by atoms with Gasteiger partial charge >= 0.3 is 0 Å². The molecule has 2 aromatic carbocycles. The molecular formula is C18H21ClFN. The van der Waals surface area contributed by atoms with Crippen LogP contribution >= 0.6 is 11.6 Å². The van der Waals surface area contributed by atoms with Gasteiger partial charge in [0.25, 0.3) is 0 Å². The average Bonchev–Trinajstić information content (AvgIpc) is 2.41. The smallest absolute Gasteiger partial charge is 0.127 e. The highest BCUT2D eigenvalue weighted by Crippen LogP contribution is 2.27. The zero-order valence-electron chi connectivity index (χ0n) is 12.7. The summed E-state index contributed by atoms with van der Waals surface area (Å²) < 4.78 is 14.1. The molecule has 112 valence electrons. The molecule has 2 rings (SSSR count). The molecule has 0 aliphatic heterocycles. The molecule has 1 N–H and O–H groups in total. The van der Waals surface area contributed by atoms with E-state index in [2.05, 4.69) is 44.3 Å². The molecule has 0 spiro atoms. The van der Waals surface area contributed by atoms with E-state index >= 15 is 0 Å². The monoisotopic (exact) mass is 305 g/mol. The van der Waals surface area contributed by atoms with Crippen molar-refractivity contribution in [2.45, 2.75) is 33.2 Å². The summed E-state index contributed by atoms with van der Waals surface area (Å²) >= 11 is 5.83. The van der Waals surface area contributed by atoms with E-state index in [1.54, 1.807) is 12.1 Å². The molecule has 1 atom stereocenters. The van der Waals surface area contributed by atoms with Gasteiger partial charge in [-0.15, -0.1) is 0 Å². The molecule has 0 radical (unpaired) electrons. The molecule has 0 amide bonds. The molecule has 0 heterocycles. The van der Waals surface area contributed by atoms with Gasteiger partial charge in [0.05, 0.1) is 0 Å². The van der Waals surface area contributed by atoms with Crippen molar-refractivity contribution < 1.29 is 4.39 Å². The van der Waals surface area contributed by atoms with Crippen LogP contribution in [-0.4, -0.2) is 6.54 Å². The molecule has 2 aromatic rings. The van der Waals surface area contributed by atoms with E-state index in [0.29, 0.717) is 17.0 Å². The summed E-state index contributed by atoms with van der Waals surface area (Å²) in [4.78, 5) is 0. The number of nitrogens with one attached hydrogen (secondary N) is 1. The van der Waals surface area contributed by atoms with E-state index in [9.17, 15) is 4.39 Å². The predicted octanol–water partition coefficient (Wildman–Crippen LogP) is 4.99. The van der Waals surface area contributed by atoms with Gasteiger partial charge in [-0.05, 0) is 61.2 Å². The van der Waals surface area contributed by atoms with Gasteiger partial charge in [0.2, 0.25) is 0 Å². The fraction of sp³-hybridized carbons (Fsp3) is 0.333. The quantitative estimate of drug-likeness (QED) is 0.820. The minimum Gasteiger partial charge on any atom is -0.310 e. The number of hydrogen-bond donors (Lipinski definition) is 1. The van der Waals surface area contributed by atoms with Crippen LogP contribution in [0.4, 0.5) is 4.39 Å². The highest BCUT2D eigenvalue weighted by Gasteiger charge is 2.17. The van der Waals surface area contributed by atoms with E-state index in [1.165, 1.54) is 22.8 Å². The lowest BCUT2D eigenvalue weighted by Gasteiger charge is -2.23. The van der Waals surface area contributed by atoms with E-state index < -0.39 is 0 Å². The van der Waals surface area contributed by atoms with Gasteiger partial charge in [-0.2, -0.15) is 0 Å². The summed E-state index contributed by atoms with van der Waals surface area (Å²) in [6.45, 7) is 7.11. The Hall–Kier alpha value is -1.38. The number of hydrogen-bond acceptors (Lipinski definition) is 1. The number of halogens is 2. The zero-order chi connectivity index (χ0) is 15.4. The minimum atomic E-state index is -0.239. The van der Waals surface area contributed by atoms with E-state index in [0.717, 1.165) is 6.54 Å². The maximum absolute atomic E-state index is 14.1. The van der Waals surface area contributed by atoms with Crippen LogP contribution < -0.4 is 5.32 Å². The van der Waals surface area contributed by atoms with Crippen molar-refractivity contribution in [1.82, 2.24) is 5.32 Å². The number of aryl methyl sites for hydroxylation is 2. The first-order valence-corrected chi connectivity index (χ1v) is 7.64. The molecule has 0 aromatic heterocycles. The second-order valence-corrected chi connectivity index (χ2v) is 5.79. The third-order valence-electron chi connectivity index (χ3n) is 3.78. The summed E-state index contributed by atoms with van der Waals surface area (Å²) in [5.74, 6) is -0.239. The van der Waals surface area contributed by atoms with Gasteiger partial charge in [-0.1, -0.05) is 42.8 Å². The lowest BCUT2D eigenvalue weighted by atomic mass is 9.91. The van der Waals surface area contributed by atoms with Crippen LogP contribution in [0.5, 0.6) is 0 Å². The minimum absolute atomic E-state index is 0.104. The largest absolute Gasteiger partial charge is 0.310 e. The summed E-state index contributed by atoms with van der Waals surface area (Å²) in [7, 11) is 0. The molecule has 0 bridgehead atoms. The van der Waals surface area contributed by atoms with Crippen molar-refractivity contribution in [3.63, 3.8) is 0 Å². The maximum Gasteiger partial charge on any atom is 0.127 e. The molecule has 3 heteroatoms. The topological polar surface area (TPSA) is 12.0 Å². The van der Waals surface area contributed by atoms with Crippen molar-refractivity contribution in [2.75, 3.05) is 6.54 Å². The average molecular weight is 306 g/mol. The predicted molar refractivity (Wildman–Crippen MR) is 87.4 cm³/mol. The number of rotatable bonds is 5. The molecule has 1 nitrogen and oxygen atoms in total. The van der Waals surface area contributed by atoms with Crippen LogP contribution in [0.3, 0.4) is 0 Å². The Morgan fingerprint density at radius 3 is 2.38 bits per heavy atom. The highest BCUT2D eigenvalue weighted by molar-refractivity contribution is 6.30. The van der Waals surface area contributed by atoms with Gasteiger partial charge in [-0.25, -0.2) is 4.39 Å². The SMILES string of the molecule is CCNC(Cc1ccc(Cl)cc1F)c1c(C)cccc1C. The van der Waals surface area contributed by atoms with Crippen LogP contribution in [0, 0.1) is 19.7 Å². The molecule has 0 saturated heterocycles. The lowest BCUT2D eigenvalue weighted by Crippen LogP contribution is -2.25. The maximum atomic E-state index is 14.1. The van der Waals surface area contributed by atoms with Gasteiger partial charge in [0.1, 0.15) is 5.82 Å². The van der Waals surface area contributed by atoms with E-state index in [-0.39, 0.29) is 11.9 Å². The first kappa shape index (κ1) is 16.0. The fourth-order valence-electron chi connectivity index (χ4n) is 2.81. The Morgan fingerprint density at radius 2 is 1.81 bits per heavy atom. The molecule has 0 aliphatic carbocycles. The molecule has 0 aliphatic rings. The summed E-state index contributed by atoms with van der Waals surface area (Å²) in [6, 6.07) is 11.3. The van der Waals surface area contributed by atoms with Crippen LogP contribution in [-0.2, 0) is 6.42 Å². The third kappa shape index (κ3) is 3.84. The van der Waals surface area contributed by atoms with Crippen molar-refractivity contribution in [3.8, 4) is 0 Å². The first-order chi connectivity index (χ1) is 10.0. The Bertz CT molecular complexity index is 604. The number of likely N-dealkylation sites (N-methyl/N-ethyl adjacent to an activating group) is 1. The summed E-state index contributed by atoms with van der Waals surface area (Å²) in [5.41, 5.74) is 4.41. The van der Waals surface area contributed by atoms with Gasteiger partial charge < -0.3 is 5.32 Å². The highest BCUT2D eigenvalue weighted by atomic mass is 35.5. The van der Waals surface area contributed by atoms with Crippen molar-refractivity contribution in [3.05, 3.63) is 69.5 Å². The molecular weight excluding hydrogens is 285 g/mol. The standard InChI is InChI=1S/C18H21ClFN/c1-4-21-17(18-12(2)6-5-7-13(18)3)10-14-8-9-15(19)11-16(14)20/h5-9,11,17,21H,4,10H2,1-3H3. The van der Waals surface area contributed by atoms with E-state index in [1.807, 2.05) is 0 Å². The van der Waals surface area contributed by atoms with Gasteiger partial charge in [0, 0.05) is 11.1 Å². The fourth-order valence-corrected chi connectivity index (χ4v) is 2.97. The molecule has 21 heavy (non-hydrogen) atoms. The van der Waals surface area contributed by atoms with Crippen LogP contribution in [0.1, 0.15) is 35.2 Å². The normalized spacial score (nSPS) is 12.4. The van der Waals surface area contributed by atoms with E-state index in [4.69, 9.17) is 11.6 Å². The zero-order valence-corrected chi connectivity index (χ0v) is 13.5. The van der Waals surface area contributed by atoms with Crippen molar-refractivity contribution >= 4 is 11.6 Å². The molecule has 0 saturated carbocycles.